The lowest BCUT2D eigenvalue weighted by atomic mass is 10.3. The monoisotopic (exact) mass is 215 g/mol. The Bertz CT molecular complexity index is 304. The van der Waals surface area contributed by atoms with Crippen molar-refractivity contribution in [1.29, 1.82) is 0 Å². The van der Waals surface area contributed by atoms with Crippen LogP contribution in [0.25, 0.3) is 0 Å². The maximum absolute atomic E-state index is 10.8. The molecule has 5 heteroatoms. The second-order valence-corrected chi connectivity index (χ2v) is 3.44. The molecule has 1 aromatic rings. The molecule has 0 aliphatic carbocycles. The van der Waals surface area contributed by atoms with Gasteiger partial charge >= 0.3 is 6.09 Å². The number of anilines is 1. The fourth-order valence-corrected chi connectivity index (χ4v) is 1.46. The van der Waals surface area contributed by atoms with Crippen molar-refractivity contribution in [2.45, 2.75) is 4.90 Å². The summed E-state index contributed by atoms with van der Waals surface area (Å²) in [6, 6.07) is 7.34. The van der Waals surface area contributed by atoms with Crippen LogP contribution < -0.4 is 5.32 Å². The van der Waals surface area contributed by atoms with Gasteiger partial charge in [0.25, 0.3) is 0 Å². The first-order valence-corrected chi connectivity index (χ1v) is 5.39. The maximum atomic E-state index is 10.8. The molecule has 0 atom stereocenters. The zero-order valence-corrected chi connectivity index (χ0v) is 8.69. The van der Waals surface area contributed by atoms with Crippen LogP contribution in [0.5, 0.6) is 0 Å². The Hall–Kier alpha value is -0.810. The second-order valence-electron chi connectivity index (χ2n) is 2.24. The lowest BCUT2D eigenvalue weighted by molar-refractivity contribution is 0.187. The van der Waals surface area contributed by atoms with Gasteiger partial charge < -0.3 is 4.74 Å². The molecule has 0 spiro atoms. The van der Waals surface area contributed by atoms with E-state index in [2.05, 4.69) is 21.7 Å². The van der Waals surface area contributed by atoms with Gasteiger partial charge in [-0.25, -0.2) is 4.79 Å². The zero-order valence-electron chi connectivity index (χ0n) is 6.98. The minimum Gasteiger partial charge on any atom is -0.453 e. The first-order chi connectivity index (χ1) is 6.26. The van der Waals surface area contributed by atoms with Crippen LogP contribution in [-0.2, 0) is 4.74 Å². The molecule has 0 heterocycles. The number of hydrogen-bond donors (Lipinski definition) is 2. The van der Waals surface area contributed by atoms with E-state index in [-0.39, 0.29) is 0 Å². The molecule has 3 nitrogen and oxygen atoms in total. The average Bonchev–Trinajstić information content (AvgIpc) is 2.18. The van der Waals surface area contributed by atoms with Crippen LogP contribution in [0.1, 0.15) is 0 Å². The van der Waals surface area contributed by atoms with Crippen LogP contribution in [0, 0.1) is 0 Å². The van der Waals surface area contributed by atoms with E-state index in [0.29, 0.717) is 5.69 Å². The van der Waals surface area contributed by atoms with Gasteiger partial charge in [-0.1, -0.05) is 16.9 Å². The number of rotatable bonds is 2. The van der Waals surface area contributed by atoms with E-state index in [4.69, 9.17) is 0 Å². The summed E-state index contributed by atoms with van der Waals surface area (Å²) in [5, 5.41) is 2.56. The second kappa shape index (κ2) is 5.04. The molecular formula is C8H9NO2S2. The standard InChI is InChI=1S/C8H9NO2S2/c1-11-8(10)9-6-3-2-4-7(5-6)13-12/h2-5,12H,1H3,(H,9,10). The summed E-state index contributed by atoms with van der Waals surface area (Å²) in [5.41, 5.74) is 0.700. The molecule has 0 aromatic heterocycles. The highest BCUT2D eigenvalue weighted by Gasteiger charge is 2.00. The van der Waals surface area contributed by atoms with Gasteiger partial charge in [-0.3, -0.25) is 5.32 Å². The summed E-state index contributed by atoms with van der Waals surface area (Å²) >= 11 is 4.04. The summed E-state index contributed by atoms with van der Waals surface area (Å²) in [6.07, 6.45) is -0.471. The highest BCUT2D eigenvalue weighted by Crippen LogP contribution is 2.23. The fraction of sp³-hybridized carbons (Fsp3) is 0.125. The third kappa shape index (κ3) is 3.20. The van der Waals surface area contributed by atoms with E-state index in [9.17, 15) is 4.79 Å². The first kappa shape index (κ1) is 10.3. The normalized spacial score (nSPS) is 9.38. The summed E-state index contributed by atoms with van der Waals surface area (Å²) in [7, 11) is 2.65. The third-order valence-corrected chi connectivity index (χ3v) is 2.47. The average molecular weight is 215 g/mol. The molecule has 0 fully saturated rings. The predicted octanol–water partition coefficient (Wildman–Crippen LogP) is 2.80. The molecule has 1 aromatic carbocycles. The Balaban J connectivity index is 2.71. The van der Waals surface area contributed by atoms with Crippen molar-refractivity contribution in [3.05, 3.63) is 24.3 Å². The highest BCUT2D eigenvalue weighted by atomic mass is 33.1. The Labute approximate surface area is 85.7 Å². The quantitative estimate of drug-likeness (QED) is 0.588. The number of nitrogens with one attached hydrogen (secondary N) is 1. The summed E-state index contributed by atoms with van der Waals surface area (Å²) in [6.45, 7) is 0. The topological polar surface area (TPSA) is 38.3 Å². The summed E-state index contributed by atoms with van der Waals surface area (Å²) in [4.78, 5) is 11.8. The number of hydrogen-bond acceptors (Lipinski definition) is 4. The lowest BCUT2D eigenvalue weighted by Gasteiger charge is -2.03. The Kier molecular flexibility index (Phi) is 3.98. The van der Waals surface area contributed by atoms with Gasteiger partial charge in [0.1, 0.15) is 0 Å². The lowest BCUT2D eigenvalue weighted by Crippen LogP contribution is -2.10. The maximum Gasteiger partial charge on any atom is 0.411 e. The zero-order chi connectivity index (χ0) is 9.68. The number of methoxy groups -OCH3 is 1. The molecule has 13 heavy (non-hydrogen) atoms. The summed E-state index contributed by atoms with van der Waals surface area (Å²) < 4.78 is 4.45. The van der Waals surface area contributed by atoms with E-state index in [1.807, 2.05) is 18.2 Å². The van der Waals surface area contributed by atoms with Gasteiger partial charge in [0, 0.05) is 10.6 Å². The van der Waals surface area contributed by atoms with Crippen molar-refractivity contribution in [2.24, 2.45) is 0 Å². The SMILES string of the molecule is COC(=O)Nc1cccc(SS)c1. The van der Waals surface area contributed by atoms with E-state index in [1.165, 1.54) is 17.9 Å². The van der Waals surface area contributed by atoms with E-state index in [0.717, 1.165) is 4.90 Å². The first-order valence-electron chi connectivity index (χ1n) is 3.52. The summed E-state index contributed by atoms with van der Waals surface area (Å²) in [5.74, 6) is 0. The molecule has 1 rings (SSSR count). The van der Waals surface area contributed by atoms with Crippen molar-refractivity contribution < 1.29 is 9.53 Å². The Morgan fingerprint density at radius 1 is 1.62 bits per heavy atom. The number of benzene rings is 1. The number of carbonyl (C=O) groups excluding carboxylic acids is 1. The van der Waals surface area contributed by atoms with Crippen LogP contribution >= 0.6 is 22.5 Å². The Morgan fingerprint density at radius 3 is 3.00 bits per heavy atom. The molecule has 0 saturated carbocycles. The van der Waals surface area contributed by atoms with Crippen LogP contribution in [0.3, 0.4) is 0 Å². The molecule has 0 aliphatic heterocycles. The highest BCUT2D eigenvalue weighted by molar-refractivity contribution is 8.68. The van der Waals surface area contributed by atoms with Crippen molar-refractivity contribution in [3.63, 3.8) is 0 Å². The van der Waals surface area contributed by atoms with Gasteiger partial charge in [0.2, 0.25) is 0 Å². The molecule has 1 amide bonds. The molecule has 0 bridgehead atoms. The van der Waals surface area contributed by atoms with Crippen LogP contribution in [0.2, 0.25) is 0 Å². The van der Waals surface area contributed by atoms with Crippen LogP contribution in [-0.4, -0.2) is 13.2 Å². The molecule has 1 N–H and O–H groups in total. The third-order valence-electron chi connectivity index (χ3n) is 1.37. The largest absolute Gasteiger partial charge is 0.453 e. The van der Waals surface area contributed by atoms with Crippen molar-refractivity contribution in [1.82, 2.24) is 0 Å². The van der Waals surface area contributed by atoms with Gasteiger partial charge in [0.05, 0.1) is 7.11 Å². The number of thiol groups is 1. The number of amides is 1. The van der Waals surface area contributed by atoms with Gasteiger partial charge in [0.15, 0.2) is 0 Å². The minimum atomic E-state index is -0.471. The van der Waals surface area contributed by atoms with E-state index < -0.39 is 6.09 Å². The van der Waals surface area contributed by atoms with Crippen molar-refractivity contribution in [3.8, 4) is 0 Å². The van der Waals surface area contributed by atoms with Crippen molar-refractivity contribution in [2.75, 3.05) is 12.4 Å². The molecule has 0 saturated heterocycles. The molecule has 70 valence electrons. The predicted molar refractivity (Wildman–Crippen MR) is 57.3 cm³/mol. The molecule has 0 aliphatic rings. The van der Waals surface area contributed by atoms with E-state index >= 15 is 0 Å². The number of ether oxygens (including phenoxy) is 1. The fourth-order valence-electron chi connectivity index (χ4n) is 0.800. The van der Waals surface area contributed by atoms with Gasteiger partial charge in [-0.2, -0.15) is 0 Å². The van der Waals surface area contributed by atoms with Gasteiger partial charge in [-0.15, -0.1) is 11.7 Å². The van der Waals surface area contributed by atoms with Crippen LogP contribution in [0.15, 0.2) is 29.2 Å². The smallest absolute Gasteiger partial charge is 0.411 e. The number of carbonyl (C=O) groups is 1. The molecule has 0 unspecified atom stereocenters. The molecular weight excluding hydrogens is 206 g/mol. The molecule has 0 radical (unpaired) electrons. The van der Waals surface area contributed by atoms with Crippen LogP contribution in [0.4, 0.5) is 10.5 Å². The minimum absolute atomic E-state index is 0.471. The van der Waals surface area contributed by atoms with E-state index in [1.54, 1.807) is 6.07 Å². The van der Waals surface area contributed by atoms with Gasteiger partial charge in [-0.05, 0) is 18.2 Å². The Morgan fingerprint density at radius 2 is 2.38 bits per heavy atom. The van der Waals surface area contributed by atoms with Crippen molar-refractivity contribution >= 4 is 34.2 Å².